The maximum Gasteiger partial charge on any atom is 0.326 e. The fourth-order valence-corrected chi connectivity index (χ4v) is 2.12. The van der Waals surface area contributed by atoms with Crippen LogP contribution in [0.1, 0.15) is 55.8 Å². The number of amides is 1. The van der Waals surface area contributed by atoms with Crippen LogP contribution in [0.3, 0.4) is 0 Å². The van der Waals surface area contributed by atoms with Gasteiger partial charge < -0.3 is 10.0 Å². The predicted molar refractivity (Wildman–Crippen MR) is 75.8 cm³/mol. The predicted octanol–water partition coefficient (Wildman–Crippen LogP) is 2.10. The maximum atomic E-state index is 12.2. The van der Waals surface area contributed by atoms with Gasteiger partial charge in [0.1, 0.15) is 6.04 Å². The van der Waals surface area contributed by atoms with Crippen LogP contribution in [-0.2, 0) is 4.79 Å². The highest BCUT2D eigenvalue weighted by Crippen LogP contribution is 2.18. The molecule has 6 heteroatoms. The van der Waals surface area contributed by atoms with Gasteiger partial charge in [0.05, 0.1) is 6.04 Å². The number of aliphatic carboxylic acids is 1. The smallest absolute Gasteiger partial charge is 0.326 e. The number of nitrogens with zero attached hydrogens (tertiary/aromatic N) is 3. The van der Waals surface area contributed by atoms with Crippen molar-refractivity contribution in [2.24, 2.45) is 0 Å². The molecule has 0 fully saturated rings. The van der Waals surface area contributed by atoms with E-state index in [4.69, 9.17) is 5.11 Å². The van der Waals surface area contributed by atoms with Crippen molar-refractivity contribution >= 4 is 11.9 Å². The number of carboxylic acids is 1. The summed E-state index contributed by atoms with van der Waals surface area (Å²) < 4.78 is 1.85. The summed E-state index contributed by atoms with van der Waals surface area (Å²) in [5.41, 5.74) is 1.21. The van der Waals surface area contributed by atoms with Crippen LogP contribution in [0.2, 0.25) is 0 Å². The van der Waals surface area contributed by atoms with Gasteiger partial charge in [-0.1, -0.05) is 13.8 Å². The average molecular weight is 281 g/mol. The molecular weight excluding hydrogens is 258 g/mol. The van der Waals surface area contributed by atoms with Gasteiger partial charge in [0.15, 0.2) is 5.69 Å². The van der Waals surface area contributed by atoms with E-state index < -0.39 is 12.0 Å². The van der Waals surface area contributed by atoms with Crippen molar-refractivity contribution in [1.29, 1.82) is 0 Å². The first kappa shape index (κ1) is 16.2. The first-order valence-electron chi connectivity index (χ1n) is 6.89. The molecule has 0 aliphatic carbocycles. The van der Waals surface area contributed by atoms with Crippen LogP contribution in [0.15, 0.2) is 6.07 Å². The Morgan fingerprint density at radius 1 is 1.40 bits per heavy atom. The Morgan fingerprint density at radius 3 is 2.40 bits per heavy atom. The minimum absolute atomic E-state index is 0.263. The number of aromatic nitrogens is 2. The number of likely N-dealkylation sites (N-methyl/N-ethyl adjacent to an activating group) is 1. The molecule has 6 nitrogen and oxygen atoms in total. The zero-order chi connectivity index (χ0) is 15.4. The highest BCUT2D eigenvalue weighted by molar-refractivity contribution is 5.94. The minimum Gasteiger partial charge on any atom is -0.480 e. The molecule has 1 aromatic rings. The molecule has 1 aromatic heterocycles. The fraction of sp³-hybridized carbons (Fsp3) is 0.643. The van der Waals surface area contributed by atoms with E-state index in [1.807, 2.05) is 11.6 Å². The summed E-state index contributed by atoms with van der Waals surface area (Å²) >= 11 is 0. The topological polar surface area (TPSA) is 75.4 Å². The summed E-state index contributed by atoms with van der Waals surface area (Å²) in [6, 6.07) is 1.10. The van der Waals surface area contributed by atoms with Crippen LogP contribution < -0.4 is 0 Å². The Labute approximate surface area is 119 Å². The lowest BCUT2D eigenvalue weighted by molar-refractivity contribution is -0.141. The van der Waals surface area contributed by atoms with E-state index in [0.29, 0.717) is 5.69 Å². The van der Waals surface area contributed by atoms with Crippen molar-refractivity contribution < 1.29 is 14.7 Å². The molecule has 0 spiro atoms. The highest BCUT2D eigenvalue weighted by Gasteiger charge is 2.25. The number of hydrogen-bond acceptors (Lipinski definition) is 3. The van der Waals surface area contributed by atoms with E-state index in [1.54, 1.807) is 6.07 Å². The summed E-state index contributed by atoms with van der Waals surface area (Å²) in [5, 5.41) is 13.3. The number of hydrogen-bond donors (Lipinski definition) is 1. The molecule has 1 rings (SSSR count). The molecule has 112 valence electrons. The van der Waals surface area contributed by atoms with Gasteiger partial charge in [-0.15, -0.1) is 0 Å². The lowest BCUT2D eigenvalue weighted by atomic mass is 10.2. The van der Waals surface area contributed by atoms with Crippen LogP contribution in [0.25, 0.3) is 0 Å². The molecule has 20 heavy (non-hydrogen) atoms. The Kier molecular flexibility index (Phi) is 5.30. The number of aryl methyl sites for hydroxylation is 1. The van der Waals surface area contributed by atoms with Gasteiger partial charge in [0.2, 0.25) is 0 Å². The molecule has 1 N–H and O–H groups in total. The molecule has 0 saturated carbocycles. The third kappa shape index (κ3) is 3.18. The van der Waals surface area contributed by atoms with Crippen molar-refractivity contribution in [1.82, 2.24) is 14.7 Å². The third-order valence-corrected chi connectivity index (χ3v) is 3.69. The molecule has 1 atom stereocenters. The van der Waals surface area contributed by atoms with Crippen molar-refractivity contribution in [3.8, 4) is 0 Å². The maximum absolute atomic E-state index is 12.2. The zero-order valence-electron chi connectivity index (χ0n) is 12.8. The lowest BCUT2D eigenvalue weighted by Crippen LogP contribution is -2.40. The third-order valence-electron chi connectivity index (χ3n) is 3.69. The summed E-state index contributed by atoms with van der Waals surface area (Å²) in [6.45, 7) is 7.54. The van der Waals surface area contributed by atoms with E-state index in [-0.39, 0.29) is 11.9 Å². The molecule has 1 unspecified atom stereocenters. The second-order valence-electron chi connectivity index (χ2n) is 5.02. The highest BCUT2D eigenvalue weighted by atomic mass is 16.4. The molecule has 1 heterocycles. The number of carbonyl (C=O) groups is 2. The van der Waals surface area contributed by atoms with Crippen LogP contribution in [0.4, 0.5) is 0 Å². The fourth-order valence-electron chi connectivity index (χ4n) is 2.12. The Bertz CT molecular complexity index is 492. The van der Waals surface area contributed by atoms with E-state index in [9.17, 15) is 9.59 Å². The zero-order valence-corrected chi connectivity index (χ0v) is 12.8. The Balaban J connectivity index is 3.01. The number of carboxylic acid groups (broad SMARTS) is 1. The molecule has 0 saturated heterocycles. The van der Waals surface area contributed by atoms with E-state index in [1.165, 1.54) is 18.9 Å². The molecule has 0 radical (unpaired) electrons. The van der Waals surface area contributed by atoms with E-state index in [0.717, 1.165) is 18.5 Å². The van der Waals surface area contributed by atoms with Crippen molar-refractivity contribution in [2.75, 3.05) is 7.05 Å². The van der Waals surface area contributed by atoms with E-state index >= 15 is 0 Å². The van der Waals surface area contributed by atoms with Crippen molar-refractivity contribution in [2.45, 2.75) is 52.6 Å². The van der Waals surface area contributed by atoms with Gasteiger partial charge >= 0.3 is 5.97 Å². The molecule has 0 aliphatic heterocycles. The summed E-state index contributed by atoms with van der Waals surface area (Å²) in [4.78, 5) is 24.4. The largest absolute Gasteiger partial charge is 0.480 e. The van der Waals surface area contributed by atoms with E-state index in [2.05, 4.69) is 18.9 Å². The van der Waals surface area contributed by atoms with Crippen LogP contribution in [-0.4, -0.2) is 44.8 Å². The first-order valence-corrected chi connectivity index (χ1v) is 6.89. The number of carbonyl (C=O) groups excluding carboxylic acids is 1. The Morgan fingerprint density at radius 2 is 1.95 bits per heavy atom. The van der Waals surface area contributed by atoms with Gasteiger partial charge in [0, 0.05) is 12.7 Å². The normalized spacial score (nSPS) is 12.5. The molecule has 1 amide bonds. The summed E-state index contributed by atoms with van der Waals surface area (Å²) in [5.74, 6) is -1.40. The molecular formula is C14H23N3O3. The standard InChI is InChI=1S/C14H23N3O3/c1-6-11(7-2)17-9(3)8-12(15-17)13(18)16(5)10(4)14(19)20/h8,10-11H,6-7H2,1-5H3,(H,19,20). The van der Waals surface area contributed by atoms with Gasteiger partial charge in [-0.25, -0.2) is 4.79 Å². The van der Waals surface area contributed by atoms with Crippen LogP contribution >= 0.6 is 0 Å². The van der Waals surface area contributed by atoms with Crippen LogP contribution in [0, 0.1) is 6.92 Å². The second kappa shape index (κ2) is 6.54. The number of rotatable bonds is 6. The molecule has 0 aromatic carbocycles. The first-order chi connectivity index (χ1) is 9.33. The SMILES string of the molecule is CCC(CC)n1nc(C(=O)N(C)C(C)C(=O)O)cc1C. The monoisotopic (exact) mass is 281 g/mol. The van der Waals surface area contributed by atoms with Gasteiger partial charge in [-0.05, 0) is 32.8 Å². The van der Waals surface area contributed by atoms with Crippen molar-refractivity contribution in [3.05, 3.63) is 17.5 Å². The lowest BCUT2D eigenvalue weighted by Gasteiger charge is -2.20. The average Bonchev–Trinajstić information content (AvgIpc) is 2.80. The Hall–Kier alpha value is -1.85. The summed E-state index contributed by atoms with van der Waals surface area (Å²) in [7, 11) is 1.48. The van der Waals surface area contributed by atoms with Crippen molar-refractivity contribution in [3.63, 3.8) is 0 Å². The minimum atomic E-state index is -1.03. The molecule has 0 aliphatic rings. The second-order valence-corrected chi connectivity index (χ2v) is 5.02. The van der Waals surface area contributed by atoms with Gasteiger partial charge in [-0.3, -0.25) is 9.48 Å². The summed E-state index contributed by atoms with van der Waals surface area (Å²) in [6.07, 6.45) is 1.88. The van der Waals surface area contributed by atoms with Gasteiger partial charge in [0.25, 0.3) is 5.91 Å². The quantitative estimate of drug-likeness (QED) is 0.866. The van der Waals surface area contributed by atoms with Crippen LogP contribution in [0.5, 0.6) is 0 Å². The molecule has 0 bridgehead atoms. The van der Waals surface area contributed by atoms with Gasteiger partial charge in [-0.2, -0.15) is 5.10 Å².